The topological polar surface area (TPSA) is 77.8 Å². The molecule has 0 radical (unpaired) electrons. The lowest BCUT2D eigenvalue weighted by Crippen LogP contribution is -2.53. The minimum atomic E-state index is -1.22. The molecule has 1 aliphatic rings. The van der Waals surface area contributed by atoms with Crippen molar-refractivity contribution >= 4 is 11.9 Å². The lowest BCUT2D eigenvalue weighted by Gasteiger charge is -2.34. The molecular formula is C37H71NO4. The monoisotopic (exact) mass is 594 g/mol. The zero-order valence-corrected chi connectivity index (χ0v) is 28.2. The van der Waals surface area contributed by atoms with Crippen LogP contribution in [0.3, 0.4) is 0 Å². The zero-order valence-electron chi connectivity index (χ0n) is 28.2. The molecule has 2 N–H and O–H groups in total. The van der Waals surface area contributed by atoms with E-state index in [1.165, 1.54) is 140 Å². The number of unbranched alkanes of at least 4 members (excludes halogenated alkanes) is 25. The maximum atomic E-state index is 13.1. The molecule has 248 valence electrons. The number of amides is 1. The smallest absolute Gasteiger partial charge is 0.329 e. The summed E-state index contributed by atoms with van der Waals surface area (Å²) in [6, 6.07) is 0. The Morgan fingerprint density at radius 3 is 1.26 bits per heavy atom. The fourth-order valence-electron chi connectivity index (χ4n) is 6.88. The first-order valence-corrected chi connectivity index (χ1v) is 18.7. The van der Waals surface area contributed by atoms with Crippen molar-refractivity contribution in [2.45, 2.75) is 218 Å². The molecule has 1 amide bonds. The highest BCUT2D eigenvalue weighted by Gasteiger charge is 2.52. The van der Waals surface area contributed by atoms with Crippen LogP contribution in [0.5, 0.6) is 0 Å². The third-order valence-electron chi connectivity index (χ3n) is 9.62. The molecular weight excluding hydrogens is 522 g/mol. The molecule has 0 unspecified atom stereocenters. The first-order chi connectivity index (χ1) is 20.5. The average molecular weight is 594 g/mol. The number of rotatable bonds is 30. The predicted octanol–water partition coefficient (Wildman–Crippen LogP) is 10.8. The number of β-amino-alcohol motifs (C(OH)–C–C–N with tert-alkyl or cyclic N) is 1. The van der Waals surface area contributed by atoms with Gasteiger partial charge in [0.1, 0.15) is 5.54 Å². The summed E-state index contributed by atoms with van der Waals surface area (Å²) in [5, 5.41) is 20.6. The Bertz CT molecular complexity index is 654. The van der Waals surface area contributed by atoms with E-state index in [9.17, 15) is 19.8 Å². The van der Waals surface area contributed by atoms with Gasteiger partial charge >= 0.3 is 5.97 Å². The second-order valence-corrected chi connectivity index (χ2v) is 13.5. The van der Waals surface area contributed by atoms with E-state index in [2.05, 4.69) is 13.8 Å². The number of hydrogen-bond acceptors (Lipinski definition) is 3. The van der Waals surface area contributed by atoms with Gasteiger partial charge in [-0.1, -0.05) is 181 Å². The van der Waals surface area contributed by atoms with Crippen molar-refractivity contribution in [3.8, 4) is 0 Å². The number of carbonyl (C=O) groups excluding carboxylic acids is 1. The van der Waals surface area contributed by atoms with Crippen LogP contribution in [0.2, 0.25) is 0 Å². The van der Waals surface area contributed by atoms with Gasteiger partial charge in [0.25, 0.3) is 0 Å². The second kappa shape index (κ2) is 26.3. The minimum Gasteiger partial charge on any atom is -0.479 e. The molecule has 0 aromatic heterocycles. The third-order valence-corrected chi connectivity index (χ3v) is 9.62. The Morgan fingerprint density at radius 2 is 0.905 bits per heavy atom. The van der Waals surface area contributed by atoms with E-state index in [0.29, 0.717) is 12.8 Å². The maximum Gasteiger partial charge on any atom is 0.329 e. The fourth-order valence-corrected chi connectivity index (χ4v) is 6.88. The lowest BCUT2D eigenvalue weighted by atomic mass is 9.88. The SMILES string of the molecule is CCCCCCCCCCCCCCCC[C@@]1(C(=O)O)C[C@@H](O)CN1C(=O)CCCCCCCCCCCCCCC. The van der Waals surface area contributed by atoms with Crippen molar-refractivity contribution in [2.75, 3.05) is 6.54 Å². The number of hydrogen-bond donors (Lipinski definition) is 2. The summed E-state index contributed by atoms with van der Waals surface area (Å²) in [5.41, 5.74) is -1.22. The third kappa shape index (κ3) is 17.9. The van der Waals surface area contributed by atoms with Crippen LogP contribution in [0.1, 0.15) is 206 Å². The van der Waals surface area contributed by atoms with E-state index in [4.69, 9.17) is 0 Å². The van der Waals surface area contributed by atoms with E-state index in [-0.39, 0.29) is 18.9 Å². The van der Waals surface area contributed by atoms with Crippen LogP contribution in [-0.2, 0) is 9.59 Å². The van der Waals surface area contributed by atoms with Crippen LogP contribution in [0, 0.1) is 0 Å². The van der Waals surface area contributed by atoms with Gasteiger partial charge in [0.15, 0.2) is 0 Å². The Labute approximate surface area is 261 Å². The van der Waals surface area contributed by atoms with Crippen LogP contribution < -0.4 is 0 Å². The Kier molecular flexibility index (Phi) is 24.4. The molecule has 1 aliphatic heterocycles. The maximum absolute atomic E-state index is 13.1. The average Bonchev–Trinajstić information content (AvgIpc) is 3.33. The zero-order chi connectivity index (χ0) is 30.7. The quantitative estimate of drug-likeness (QED) is 0.0812. The Balaban J connectivity index is 2.17. The van der Waals surface area contributed by atoms with Crippen molar-refractivity contribution in [1.82, 2.24) is 4.90 Å². The molecule has 5 heteroatoms. The predicted molar refractivity (Wildman–Crippen MR) is 178 cm³/mol. The van der Waals surface area contributed by atoms with Gasteiger partial charge in [-0.05, 0) is 12.8 Å². The van der Waals surface area contributed by atoms with Crippen molar-refractivity contribution < 1.29 is 19.8 Å². The van der Waals surface area contributed by atoms with Gasteiger partial charge in [-0.3, -0.25) is 4.79 Å². The summed E-state index contributed by atoms with van der Waals surface area (Å²) in [6.07, 6.45) is 34.3. The van der Waals surface area contributed by atoms with E-state index >= 15 is 0 Å². The number of carboxylic acid groups (broad SMARTS) is 1. The molecule has 0 aliphatic carbocycles. The standard InChI is InChI=1S/C37H71NO4/c1-3-5-7-9-11-13-15-17-19-21-23-25-27-29-31-37(36(41)42)32-34(39)33-38(37)35(40)30-28-26-24-22-20-18-16-14-12-10-8-6-4-2/h34,39H,3-33H2,1-2H3,(H,41,42)/t34-,37+/m1/s1. The summed E-state index contributed by atoms with van der Waals surface area (Å²) in [6.45, 7) is 4.70. The van der Waals surface area contributed by atoms with Crippen molar-refractivity contribution in [3.63, 3.8) is 0 Å². The Morgan fingerprint density at radius 1 is 0.571 bits per heavy atom. The number of carbonyl (C=O) groups is 2. The lowest BCUT2D eigenvalue weighted by molar-refractivity contribution is -0.157. The van der Waals surface area contributed by atoms with Crippen molar-refractivity contribution in [1.29, 1.82) is 0 Å². The molecule has 1 fully saturated rings. The summed E-state index contributed by atoms with van der Waals surface area (Å²) < 4.78 is 0. The van der Waals surface area contributed by atoms with Gasteiger partial charge in [0.2, 0.25) is 5.91 Å². The minimum absolute atomic E-state index is 0.0811. The molecule has 1 saturated heterocycles. The van der Waals surface area contributed by atoms with Gasteiger partial charge < -0.3 is 15.1 Å². The Hall–Kier alpha value is -1.10. The number of nitrogens with zero attached hydrogens (tertiary/aromatic N) is 1. The molecule has 0 aromatic carbocycles. The van der Waals surface area contributed by atoms with E-state index in [1.54, 1.807) is 0 Å². The van der Waals surface area contributed by atoms with Gasteiger partial charge in [0, 0.05) is 19.4 Å². The van der Waals surface area contributed by atoms with Crippen LogP contribution in [0.4, 0.5) is 0 Å². The summed E-state index contributed by atoms with van der Waals surface area (Å²) in [7, 11) is 0. The molecule has 0 aromatic rings. The van der Waals surface area contributed by atoms with Gasteiger partial charge in [-0.2, -0.15) is 0 Å². The first-order valence-electron chi connectivity index (χ1n) is 18.7. The summed E-state index contributed by atoms with van der Waals surface area (Å²) in [4.78, 5) is 27.1. The molecule has 5 nitrogen and oxygen atoms in total. The molecule has 0 spiro atoms. The number of likely N-dealkylation sites (tertiary alicyclic amines) is 1. The molecule has 1 heterocycles. The van der Waals surface area contributed by atoms with Gasteiger partial charge in [-0.15, -0.1) is 0 Å². The number of aliphatic carboxylic acids is 1. The second-order valence-electron chi connectivity index (χ2n) is 13.5. The van der Waals surface area contributed by atoms with E-state index in [1.807, 2.05) is 0 Å². The highest BCUT2D eigenvalue weighted by atomic mass is 16.4. The van der Waals surface area contributed by atoms with Crippen LogP contribution in [0.25, 0.3) is 0 Å². The number of aliphatic hydroxyl groups excluding tert-OH is 1. The van der Waals surface area contributed by atoms with Crippen molar-refractivity contribution in [3.05, 3.63) is 0 Å². The highest BCUT2D eigenvalue weighted by molar-refractivity contribution is 5.88. The first kappa shape index (κ1) is 38.9. The van der Waals surface area contributed by atoms with Crippen molar-refractivity contribution in [2.24, 2.45) is 0 Å². The number of carboxylic acids is 1. The van der Waals surface area contributed by atoms with Crippen LogP contribution in [-0.4, -0.2) is 45.2 Å². The van der Waals surface area contributed by atoms with E-state index in [0.717, 1.165) is 38.5 Å². The molecule has 0 bridgehead atoms. The summed E-state index contributed by atoms with van der Waals surface area (Å²) in [5.74, 6) is -1.02. The van der Waals surface area contributed by atoms with Gasteiger partial charge in [0.05, 0.1) is 6.10 Å². The van der Waals surface area contributed by atoms with Gasteiger partial charge in [-0.25, -0.2) is 4.79 Å². The molecule has 42 heavy (non-hydrogen) atoms. The molecule has 1 rings (SSSR count). The molecule has 0 saturated carbocycles. The van der Waals surface area contributed by atoms with Crippen LogP contribution in [0.15, 0.2) is 0 Å². The largest absolute Gasteiger partial charge is 0.479 e. The highest BCUT2D eigenvalue weighted by Crippen LogP contribution is 2.36. The summed E-state index contributed by atoms with van der Waals surface area (Å²) >= 11 is 0. The molecule has 2 atom stereocenters. The fraction of sp³-hybridized carbons (Fsp3) is 0.946. The normalized spacial score (nSPS) is 18.6. The number of aliphatic hydroxyl groups is 1. The van der Waals surface area contributed by atoms with Crippen LogP contribution >= 0.6 is 0 Å². The van der Waals surface area contributed by atoms with E-state index < -0.39 is 17.6 Å².